The molecule has 0 heterocycles. The van der Waals surface area contributed by atoms with E-state index in [2.05, 4.69) is 0 Å². The molecule has 0 aliphatic carbocycles. The zero-order valence-electron chi connectivity index (χ0n) is 7.66. The zero-order valence-corrected chi connectivity index (χ0v) is 17.0. The van der Waals surface area contributed by atoms with Crippen LogP contribution in [0.4, 0.5) is 0 Å². The van der Waals surface area contributed by atoms with Crippen molar-refractivity contribution in [2.24, 2.45) is 0 Å². The molecule has 0 amide bonds. The van der Waals surface area contributed by atoms with Crippen LogP contribution in [0.15, 0.2) is 0 Å². The fourth-order valence-corrected chi connectivity index (χ4v) is 0. The second-order valence-corrected chi connectivity index (χ2v) is 2.88. The normalized spacial score (nSPS) is 8.19. The van der Waals surface area contributed by atoms with Crippen molar-refractivity contribution >= 4 is 138 Å². The monoisotopic (exact) mass is 376 g/mol. The molecular weight excluding hydrogens is 373 g/mol. The predicted molar refractivity (Wildman–Crippen MR) is 45.4 cm³/mol. The van der Waals surface area contributed by atoms with Gasteiger partial charge in [0.1, 0.15) is 0 Å². The minimum absolute atomic E-state index is 0. The third-order valence-corrected chi connectivity index (χ3v) is 0. The molecule has 0 bridgehead atoms. The maximum Gasteiger partial charge on any atom is 2.00 e. The Morgan fingerprint density at radius 3 is 0.688 bits per heavy atom. The Morgan fingerprint density at radius 2 is 0.688 bits per heavy atom. The van der Waals surface area contributed by atoms with Crippen LogP contribution in [0.25, 0.3) is 0 Å². The summed E-state index contributed by atoms with van der Waals surface area (Å²) >= 11 is 0. The van der Waals surface area contributed by atoms with Crippen molar-refractivity contribution in [2.75, 3.05) is 0 Å². The van der Waals surface area contributed by atoms with E-state index in [0.717, 1.165) is 0 Å². The molecule has 0 atom stereocenters. The largest absolute Gasteiger partial charge is 2.00 e. The Morgan fingerprint density at radius 1 is 0.688 bits per heavy atom. The van der Waals surface area contributed by atoms with Gasteiger partial charge in [0.15, 0.2) is 0 Å². The first-order valence-corrected chi connectivity index (χ1v) is 5.63. The Balaban J connectivity index is -0.0000000216. The SMILES string of the molecule is O=P(O)(O)O.[Ca+2].[Ca+2].[Ca+2].[O-]P([O-])[O-].[O-]P([O-])[O-]. The summed E-state index contributed by atoms with van der Waals surface area (Å²) in [5.41, 5.74) is 0. The maximum atomic E-state index is 8.88. The van der Waals surface area contributed by atoms with Gasteiger partial charge in [0.25, 0.3) is 0 Å². The van der Waals surface area contributed by atoms with Gasteiger partial charge in [-0.2, -0.15) is 0 Å². The van der Waals surface area contributed by atoms with Gasteiger partial charge < -0.3 is 61.2 Å². The van der Waals surface area contributed by atoms with Crippen molar-refractivity contribution in [3.05, 3.63) is 0 Å². The van der Waals surface area contributed by atoms with Crippen LogP contribution < -0.4 is 29.4 Å². The topological polar surface area (TPSA) is 216 Å². The van der Waals surface area contributed by atoms with E-state index in [0.29, 0.717) is 0 Å². The average Bonchev–Trinajstić information content (AvgIpc) is 1.50. The van der Waals surface area contributed by atoms with Crippen LogP contribution >= 0.6 is 25.0 Å². The van der Waals surface area contributed by atoms with Crippen LogP contribution in [0.5, 0.6) is 0 Å². The van der Waals surface area contributed by atoms with Gasteiger partial charge in [0, 0.05) is 0 Å². The van der Waals surface area contributed by atoms with Crippen molar-refractivity contribution in [3.63, 3.8) is 0 Å². The fourth-order valence-electron chi connectivity index (χ4n) is 0. The number of phosphoric acid groups is 1. The number of hydrogen-bond acceptors (Lipinski definition) is 7. The predicted octanol–water partition coefficient (Wildman–Crippen LogP) is -7.48. The van der Waals surface area contributed by atoms with Crippen molar-refractivity contribution in [1.82, 2.24) is 0 Å². The standard InChI is InChI=1S/3Ca.H3O4P.2O3P/c;;;1-5(2,3)4;2*1-4(2)3/h;;;(H3,1,2,3,4);;/q3*+2;;2*-3. The summed E-state index contributed by atoms with van der Waals surface area (Å²) in [6.07, 6.45) is 0. The molecule has 0 aromatic carbocycles. The molecule has 0 unspecified atom stereocenters. The molecule has 16 heavy (non-hydrogen) atoms. The van der Waals surface area contributed by atoms with Crippen LogP contribution in [-0.4, -0.2) is 128 Å². The third-order valence-electron chi connectivity index (χ3n) is 0. The first-order chi connectivity index (χ1) is 5.46. The molecule has 10 nitrogen and oxygen atoms in total. The van der Waals surface area contributed by atoms with Gasteiger partial charge in [-0.15, -0.1) is 0 Å². The van der Waals surface area contributed by atoms with E-state index in [9.17, 15) is 0 Å². The van der Waals surface area contributed by atoms with Crippen molar-refractivity contribution < 1.29 is 48.6 Å². The molecule has 0 saturated carbocycles. The van der Waals surface area contributed by atoms with Crippen LogP contribution in [-0.2, 0) is 4.57 Å². The summed E-state index contributed by atoms with van der Waals surface area (Å²) in [5, 5.41) is 0. The van der Waals surface area contributed by atoms with E-state index in [1.54, 1.807) is 0 Å². The molecule has 16 heteroatoms. The second kappa shape index (κ2) is 24.5. The first-order valence-electron chi connectivity index (χ1n) is 1.88. The maximum absolute atomic E-state index is 8.88. The van der Waals surface area contributed by atoms with Gasteiger partial charge in [-0.25, -0.2) is 4.57 Å². The third kappa shape index (κ3) is 279. The quantitative estimate of drug-likeness (QED) is 0.268. The van der Waals surface area contributed by atoms with Gasteiger partial charge >= 0.3 is 121 Å². The summed E-state index contributed by atoms with van der Waals surface area (Å²) in [5.74, 6) is 0. The summed E-state index contributed by atoms with van der Waals surface area (Å²) in [4.78, 5) is 72.5. The molecule has 3 N–H and O–H groups in total. The number of rotatable bonds is 0. The van der Waals surface area contributed by atoms with Crippen molar-refractivity contribution in [1.29, 1.82) is 0 Å². The molecule has 0 spiro atoms. The molecule has 0 saturated heterocycles. The first kappa shape index (κ1) is 37.1. The van der Waals surface area contributed by atoms with Crippen LogP contribution in [0.2, 0.25) is 0 Å². The van der Waals surface area contributed by atoms with Crippen LogP contribution in [0.1, 0.15) is 0 Å². The van der Waals surface area contributed by atoms with E-state index in [4.69, 9.17) is 48.6 Å². The van der Waals surface area contributed by atoms with Gasteiger partial charge in [0.2, 0.25) is 0 Å². The summed E-state index contributed by atoms with van der Waals surface area (Å²) in [6, 6.07) is 0. The van der Waals surface area contributed by atoms with E-state index >= 15 is 0 Å². The molecule has 84 valence electrons. The fraction of sp³-hybridized carbons (Fsp3) is 0. The Kier molecular flexibility index (Phi) is 56.8. The Hall–Kier alpha value is 4.51. The minimum atomic E-state index is -4.64. The summed E-state index contributed by atoms with van der Waals surface area (Å²) in [7, 11) is -11.4. The molecule has 0 radical (unpaired) electrons. The molecular formula is H3Ca3O10P3. The smallest absolute Gasteiger partial charge is 0.854 e. The molecule has 0 rings (SSSR count). The zero-order chi connectivity index (χ0) is 11.7. The summed E-state index contributed by atoms with van der Waals surface area (Å²) < 4.78 is 8.88. The van der Waals surface area contributed by atoms with Gasteiger partial charge in [-0.05, 0) is 0 Å². The molecule has 0 fully saturated rings. The minimum Gasteiger partial charge on any atom is -0.854 e. The average molecular weight is 376 g/mol. The van der Waals surface area contributed by atoms with E-state index in [-0.39, 0.29) is 113 Å². The van der Waals surface area contributed by atoms with Crippen molar-refractivity contribution in [3.8, 4) is 0 Å². The van der Waals surface area contributed by atoms with Gasteiger partial charge in [-0.1, -0.05) is 0 Å². The van der Waals surface area contributed by atoms with E-state index in [1.165, 1.54) is 0 Å². The van der Waals surface area contributed by atoms with Gasteiger partial charge in [0.05, 0.1) is 0 Å². The molecule has 0 aliphatic rings. The Labute approximate surface area is 183 Å². The van der Waals surface area contributed by atoms with E-state index in [1.807, 2.05) is 0 Å². The van der Waals surface area contributed by atoms with E-state index < -0.39 is 25.0 Å². The molecule has 0 aromatic rings. The summed E-state index contributed by atoms with van der Waals surface area (Å²) in [6.45, 7) is 0. The molecule has 0 aromatic heterocycles. The Bertz CT molecular complexity index is 113. The van der Waals surface area contributed by atoms with Crippen molar-refractivity contribution in [2.45, 2.75) is 0 Å². The molecule has 0 aliphatic heterocycles. The second-order valence-electron chi connectivity index (χ2n) is 0.960. The van der Waals surface area contributed by atoms with Gasteiger partial charge in [-0.3, -0.25) is 0 Å². The van der Waals surface area contributed by atoms with Crippen LogP contribution in [0.3, 0.4) is 0 Å². The number of hydrogen-bond donors (Lipinski definition) is 3. The van der Waals surface area contributed by atoms with Crippen LogP contribution in [0, 0.1) is 0 Å².